The van der Waals surface area contributed by atoms with E-state index in [1.165, 1.54) is 16.4 Å². The normalized spacial score (nSPS) is 19.0. The van der Waals surface area contributed by atoms with Crippen LogP contribution in [0.15, 0.2) is 53.4 Å². The second-order valence-corrected chi connectivity index (χ2v) is 10.4. The monoisotopic (exact) mass is 473 g/mol. The Balaban J connectivity index is 1.67. The number of carbonyl (C=O) groups excluding carboxylic acids is 2. The van der Waals surface area contributed by atoms with E-state index in [0.717, 1.165) is 11.3 Å². The molecule has 2 aromatic carbocycles. The van der Waals surface area contributed by atoms with Gasteiger partial charge >= 0.3 is 0 Å². The summed E-state index contributed by atoms with van der Waals surface area (Å²) in [5.41, 5.74) is 0.651. The van der Waals surface area contributed by atoms with Crippen LogP contribution in [0.5, 0.6) is 5.75 Å². The first-order valence-electron chi connectivity index (χ1n) is 11.0. The third kappa shape index (κ3) is 5.91. The lowest BCUT2D eigenvalue weighted by Gasteiger charge is -2.38. The Morgan fingerprint density at radius 1 is 1.09 bits per heavy atom. The fourth-order valence-electron chi connectivity index (χ4n) is 3.83. The molecular weight excluding hydrogens is 442 g/mol. The summed E-state index contributed by atoms with van der Waals surface area (Å²) in [4.78, 5) is 24.7. The smallest absolute Gasteiger partial charge is 0.243 e. The summed E-state index contributed by atoms with van der Waals surface area (Å²) < 4.78 is 33.0. The second kappa shape index (κ2) is 10.4. The van der Waals surface area contributed by atoms with Crippen LogP contribution >= 0.6 is 0 Å². The summed E-state index contributed by atoms with van der Waals surface area (Å²) in [6.45, 7) is 4.38. The van der Waals surface area contributed by atoms with Gasteiger partial charge in [-0.1, -0.05) is 19.1 Å². The Morgan fingerprint density at radius 2 is 1.76 bits per heavy atom. The minimum Gasteiger partial charge on any atom is -0.497 e. The van der Waals surface area contributed by atoms with Crippen LogP contribution in [0.1, 0.15) is 38.7 Å². The molecule has 1 aliphatic rings. The molecule has 2 N–H and O–H groups in total. The standard InChI is InChI=1S/C24H31N3O5S/c1-4-22(28)26-19-8-12-21(13-9-19)33(30,31)27-15-5-14-24(2,17-27)23(29)25-16-18-6-10-20(32-3)11-7-18/h6-13H,4-5,14-17H2,1-3H3,(H,25,29)(H,26,28)/t24-/m1/s1. The first-order valence-corrected chi connectivity index (χ1v) is 12.4. The number of hydrogen-bond acceptors (Lipinski definition) is 5. The molecular formula is C24H31N3O5S. The number of sulfonamides is 1. The molecule has 0 aliphatic carbocycles. The highest BCUT2D eigenvalue weighted by atomic mass is 32.2. The number of ether oxygens (including phenoxy) is 1. The molecule has 1 saturated heterocycles. The van der Waals surface area contributed by atoms with Crippen LogP contribution in [0, 0.1) is 5.41 Å². The zero-order valence-electron chi connectivity index (χ0n) is 19.3. The second-order valence-electron chi connectivity index (χ2n) is 8.46. The van der Waals surface area contributed by atoms with Gasteiger partial charge in [-0.2, -0.15) is 4.31 Å². The van der Waals surface area contributed by atoms with Gasteiger partial charge in [0.25, 0.3) is 0 Å². The number of rotatable bonds is 8. The molecule has 0 unspecified atom stereocenters. The Labute approximate surface area is 195 Å². The van der Waals surface area contributed by atoms with Crippen molar-refractivity contribution < 1.29 is 22.7 Å². The maximum absolute atomic E-state index is 13.2. The maximum Gasteiger partial charge on any atom is 0.243 e. The number of amides is 2. The van der Waals surface area contributed by atoms with Gasteiger partial charge in [-0.05, 0) is 61.7 Å². The van der Waals surface area contributed by atoms with Crippen molar-refractivity contribution in [2.75, 3.05) is 25.5 Å². The van der Waals surface area contributed by atoms with Crippen molar-refractivity contribution in [3.05, 3.63) is 54.1 Å². The number of nitrogens with zero attached hydrogens (tertiary/aromatic N) is 1. The number of carbonyl (C=O) groups is 2. The lowest BCUT2D eigenvalue weighted by molar-refractivity contribution is -0.132. The summed E-state index contributed by atoms with van der Waals surface area (Å²) in [5, 5.41) is 5.65. The van der Waals surface area contributed by atoms with Gasteiger partial charge in [0.15, 0.2) is 0 Å². The van der Waals surface area contributed by atoms with E-state index in [4.69, 9.17) is 4.74 Å². The number of anilines is 1. The van der Waals surface area contributed by atoms with Gasteiger partial charge in [-0.15, -0.1) is 0 Å². The molecule has 0 bridgehead atoms. The highest BCUT2D eigenvalue weighted by Gasteiger charge is 2.41. The lowest BCUT2D eigenvalue weighted by Crippen LogP contribution is -2.51. The van der Waals surface area contributed by atoms with Crippen molar-refractivity contribution in [2.45, 2.75) is 44.6 Å². The number of benzene rings is 2. The van der Waals surface area contributed by atoms with Crippen molar-refractivity contribution in [2.24, 2.45) is 5.41 Å². The van der Waals surface area contributed by atoms with Gasteiger partial charge in [-0.3, -0.25) is 9.59 Å². The van der Waals surface area contributed by atoms with Gasteiger partial charge < -0.3 is 15.4 Å². The number of piperidine rings is 1. The van der Waals surface area contributed by atoms with E-state index >= 15 is 0 Å². The van der Waals surface area contributed by atoms with E-state index in [0.29, 0.717) is 38.0 Å². The molecule has 0 aromatic heterocycles. The highest BCUT2D eigenvalue weighted by Crippen LogP contribution is 2.33. The molecule has 9 heteroatoms. The van der Waals surface area contributed by atoms with Crippen LogP contribution in [-0.4, -0.2) is 44.7 Å². The van der Waals surface area contributed by atoms with Crippen molar-refractivity contribution >= 4 is 27.5 Å². The van der Waals surface area contributed by atoms with Crippen molar-refractivity contribution in [3.8, 4) is 5.75 Å². The Kier molecular flexibility index (Phi) is 7.76. The largest absolute Gasteiger partial charge is 0.497 e. The molecule has 1 aliphatic heterocycles. The molecule has 0 saturated carbocycles. The quantitative estimate of drug-likeness (QED) is 0.613. The van der Waals surface area contributed by atoms with Crippen molar-refractivity contribution in [3.63, 3.8) is 0 Å². The van der Waals surface area contributed by atoms with Crippen LogP contribution in [0.25, 0.3) is 0 Å². The zero-order valence-corrected chi connectivity index (χ0v) is 20.1. The van der Waals surface area contributed by atoms with Crippen LogP contribution in [-0.2, 0) is 26.2 Å². The van der Waals surface area contributed by atoms with Crippen LogP contribution in [0.4, 0.5) is 5.69 Å². The average molecular weight is 474 g/mol. The average Bonchev–Trinajstić information content (AvgIpc) is 2.83. The molecule has 1 fully saturated rings. The van der Waals surface area contributed by atoms with E-state index in [1.807, 2.05) is 24.3 Å². The van der Waals surface area contributed by atoms with Gasteiger partial charge in [0.1, 0.15) is 5.75 Å². The first kappa shape index (κ1) is 24.7. The summed E-state index contributed by atoms with van der Waals surface area (Å²) in [5.74, 6) is 0.430. The molecule has 2 amide bonds. The summed E-state index contributed by atoms with van der Waals surface area (Å²) in [7, 11) is -2.17. The van der Waals surface area contributed by atoms with Gasteiger partial charge in [0.2, 0.25) is 21.8 Å². The maximum atomic E-state index is 13.2. The van der Waals surface area contributed by atoms with Gasteiger partial charge in [-0.25, -0.2) is 8.42 Å². The molecule has 178 valence electrons. The minimum atomic E-state index is -3.77. The predicted molar refractivity (Wildman–Crippen MR) is 126 cm³/mol. The minimum absolute atomic E-state index is 0.109. The topological polar surface area (TPSA) is 105 Å². The highest BCUT2D eigenvalue weighted by molar-refractivity contribution is 7.89. The summed E-state index contributed by atoms with van der Waals surface area (Å²) >= 11 is 0. The third-order valence-corrected chi connectivity index (χ3v) is 7.78. The molecule has 2 aromatic rings. The molecule has 0 radical (unpaired) electrons. The Morgan fingerprint density at radius 3 is 2.36 bits per heavy atom. The Bertz CT molecular complexity index is 1080. The predicted octanol–water partition coefficient (Wildman–Crippen LogP) is 3.15. The van der Waals surface area contributed by atoms with Crippen molar-refractivity contribution in [1.29, 1.82) is 0 Å². The van der Waals surface area contributed by atoms with E-state index < -0.39 is 15.4 Å². The lowest BCUT2D eigenvalue weighted by atomic mass is 9.82. The number of hydrogen-bond donors (Lipinski definition) is 2. The molecule has 8 nitrogen and oxygen atoms in total. The fraction of sp³-hybridized carbons (Fsp3) is 0.417. The van der Waals surface area contributed by atoms with E-state index in [2.05, 4.69) is 10.6 Å². The summed E-state index contributed by atoms with van der Waals surface area (Å²) in [6, 6.07) is 13.5. The van der Waals surface area contributed by atoms with E-state index in [1.54, 1.807) is 33.1 Å². The van der Waals surface area contributed by atoms with Gasteiger partial charge in [0, 0.05) is 31.7 Å². The molecule has 33 heavy (non-hydrogen) atoms. The first-order chi connectivity index (χ1) is 15.7. The Hall–Kier alpha value is -2.91. The van der Waals surface area contributed by atoms with Crippen molar-refractivity contribution in [1.82, 2.24) is 9.62 Å². The fourth-order valence-corrected chi connectivity index (χ4v) is 5.43. The number of methoxy groups -OCH3 is 1. The number of nitrogens with one attached hydrogen (secondary N) is 2. The molecule has 1 atom stereocenters. The molecule has 3 rings (SSSR count). The third-order valence-electron chi connectivity index (χ3n) is 5.92. The molecule has 0 spiro atoms. The summed E-state index contributed by atoms with van der Waals surface area (Å²) in [6.07, 6.45) is 1.54. The van der Waals surface area contributed by atoms with E-state index in [9.17, 15) is 18.0 Å². The van der Waals surface area contributed by atoms with Crippen LogP contribution < -0.4 is 15.4 Å². The SMILES string of the molecule is CCC(=O)Nc1ccc(S(=O)(=O)N2CCC[C@@](C)(C(=O)NCc3ccc(OC)cc3)C2)cc1. The van der Waals surface area contributed by atoms with Crippen LogP contribution in [0.3, 0.4) is 0 Å². The zero-order chi connectivity index (χ0) is 24.1. The van der Waals surface area contributed by atoms with Crippen LogP contribution in [0.2, 0.25) is 0 Å². The van der Waals surface area contributed by atoms with Gasteiger partial charge in [0.05, 0.1) is 17.4 Å². The van der Waals surface area contributed by atoms with E-state index in [-0.39, 0.29) is 23.3 Å². The molecule has 1 heterocycles.